The Balaban J connectivity index is 1.89. The van der Waals surface area contributed by atoms with Crippen LogP contribution in [0.2, 0.25) is 0 Å². The predicted molar refractivity (Wildman–Crippen MR) is 72.0 cm³/mol. The molecule has 0 atom stereocenters. The summed E-state index contributed by atoms with van der Waals surface area (Å²) in [6.45, 7) is 0.351. The summed E-state index contributed by atoms with van der Waals surface area (Å²) >= 11 is 4.94. The molecule has 98 valence electrons. The lowest BCUT2D eigenvalue weighted by Gasteiger charge is -2.08. The van der Waals surface area contributed by atoms with Gasteiger partial charge in [0, 0.05) is 0 Å². The van der Waals surface area contributed by atoms with Crippen LogP contribution < -0.4 is 10.6 Å². The summed E-state index contributed by atoms with van der Waals surface area (Å²) in [5.74, 6) is -0.494. The molecule has 2 aromatic rings. The van der Waals surface area contributed by atoms with E-state index in [-0.39, 0.29) is 10.7 Å². The Morgan fingerprint density at radius 3 is 2.74 bits per heavy atom. The third-order valence-corrected chi connectivity index (χ3v) is 2.60. The first kappa shape index (κ1) is 13.2. The molecule has 1 aromatic heterocycles. The predicted octanol–water partition coefficient (Wildman–Crippen LogP) is 2.22. The molecule has 1 aromatic carbocycles. The minimum absolute atomic E-state index is 0.0513. The number of nitrogens with one attached hydrogen (secondary N) is 2. The Labute approximate surface area is 114 Å². The number of hydrogen-bond donors (Lipinski definition) is 2. The summed E-state index contributed by atoms with van der Waals surface area (Å²) in [5, 5.41) is 5.30. The van der Waals surface area contributed by atoms with Gasteiger partial charge in [-0.05, 0) is 36.5 Å². The lowest BCUT2D eigenvalue weighted by atomic mass is 10.2. The molecular weight excluding hydrogens is 267 g/mol. The van der Waals surface area contributed by atoms with Crippen molar-refractivity contribution >= 4 is 23.2 Å². The second-order valence-corrected chi connectivity index (χ2v) is 4.10. The van der Waals surface area contributed by atoms with Crippen LogP contribution in [0.5, 0.6) is 0 Å². The van der Waals surface area contributed by atoms with Crippen molar-refractivity contribution < 1.29 is 13.6 Å². The van der Waals surface area contributed by atoms with E-state index < -0.39 is 11.7 Å². The van der Waals surface area contributed by atoms with E-state index in [0.717, 1.165) is 0 Å². The van der Waals surface area contributed by atoms with Crippen molar-refractivity contribution in [2.24, 2.45) is 0 Å². The summed E-state index contributed by atoms with van der Waals surface area (Å²) < 4.78 is 18.5. The first-order valence-corrected chi connectivity index (χ1v) is 5.94. The van der Waals surface area contributed by atoms with E-state index in [1.165, 1.54) is 24.5 Å². The van der Waals surface area contributed by atoms with Gasteiger partial charge >= 0.3 is 0 Å². The lowest BCUT2D eigenvalue weighted by molar-refractivity contribution is 0.0972. The average Bonchev–Trinajstić information content (AvgIpc) is 2.90. The van der Waals surface area contributed by atoms with Gasteiger partial charge in [-0.15, -0.1) is 0 Å². The molecule has 0 fully saturated rings. The van der Waals surface area contributed by atoms with Crippen molar-refractivity contribution in [2.75, 3.05) is 0 Å². The summed E-state index contributed by atoms with van der Waals surface area (Å²) in [7, 11) is 0. The van der Waals surface area contributed by atoms with E-state index in [9.17, 15) is 9.18 Å². The molecule has 0 bridgehead atoms. The van der Waals surface area contributed by atoms with Gasteiger partial charge in [0.25, 0.3) is 5.91 Å². The van der Waals surface area contributed by atoms with Gasteiger partial charge in [0.2, 0.25) is 0 Å². The van der Waals surface area contributed by atoms with Gasteiger partial charge in [0.15, 0.2) is 5.11 Å². The van der Waals surface area contributed by atoms with Gasteiger partial charge in [-0.25, -0.2) is 4.39 Å². The molecule has 2 rings (SSSR count). The van der Waals surface area contributed by atoms with Crippen molar-refractivity contribution in [3.63, 3.8) is 0 Å². The van der Waals surface area contributed by atoms with Gasteiger partial charge in [0.1, 0.15) is 11.6 Å². The molecule has 4 nitrogen and oxygen atoms in total. The average molecular weight is 278 g/mol. The van der Waals surface area contributed by atoms with Gasteiger partial charge < -0.3 is 9.73 Å². The topological polar surface area (TPSA) is 54.3 Å². The first-order chi connectivity index (χ1) is 9.16. The Hall–Kier alpha value is -2.21. The molecule has 0 aliphatic carbocycles. The quantitative estimate of drug-likeness (QED) is 0.845. The monoisotopic (exact) mass is 278 g/mol. The van der Waals surface area contributed by atoms with Crippen LogP contribution in [0.3, 0.4) is 0 Å². The van der Waals surface area contributed by atoms with Crippen molar-refractivity contribution in [3.05, 3.63) is 59.8 Å². The molecule has 0 radical (unpaired) electrons. The van der Waals surface area contributed by atoms with E-state index in [2.05, 4.69) is 10.6 Å². The number of furan rings is 1. The highest BCUT2D eigenvalue weighted by Gasteiger charge is 2.11. The van der Waals surface area contributed by atoms with E-state index in [1.54, 1.807) is 18.2 Å². The third kappa shape index (κ3) is 3.62. The smallest absolute Gasteiger partial charge is 0.260 e. The number of carbonyl (C=O) groups excluding carboxylic acids is 1. The molecule has 0 saturated heterocycles. The lowest BCUT2D eigenvalue weighted by Crippen LogP contribution is -2.39. The van der Waals surface area contributed by atoms with Crippen LogP contribution in [-0.4, -0.2) is 11.0 Å². The van der Waals surface area contributed by atoms with Crippen LogP contribution >= 0.6 is 12.2 Å². The zero-order valence-corrected chi connectivity index (χ0v) is 10.7. The molecule has 0 saturated carbocycles. The van der Waals surface area contributed by atoms with Crippen LogP contribution in [0, 0.1) is 5.82 Å². The molecule has 0 spiro atoms. The number of carbonyl (C=O) groups is 1. The SMILES string of the molecule is O=C(NC(=S)NCc1ccco1)c1ccccc1F. The Kier molecular flexibility index (Phi) is 4.25. The van der Waals surface area contributed by atoms with E-state index in [0.29, 0.717) is 12.3 Å². The van der Waals surface area contributed by atoms with E-state index in [4.69, 9.17) is 16.6 Å². The fraction of sp³-hybridized carbons (Fsp3) is 0.0769. The van der Waals surface area contributed by atoms with Crippen LogP contribution in [0.15, 0.2) is 47.1 Å². The highest BCUT2D eigenvalue weighted by atomic mass is 32.1. The largest absolute Gasteiger partial charge is 0.467 e. The number of halogens is 1. The van der Waals surface area contributed by atoms with Crippen molar-refractivity contribution in [1.29, 1.82) is 0 Å². The van der Waals surface area contributed by atoms with Crippen molar-refractivity contribution in [2.45, 2.75) is 6.54 Å². The van der Waals surface area contributed by atoms with Crippen molar-refractivity contribution in [1.82, 2.24) is 10.6 Å². The standard InChI is InChI=1S/C13H11FN2O2S/c14-11-6-2-1-5-10(11)12(17)16-13(19)15-8-9-4-3-7-18-9/h1-7H,8H2,(H2,15,16,17,19). The minimum Gasteiger partial charge on any atom is -0.467 e. The maximum absolute atomic E-state index is 13.4. The highest BCUT2D eigenvalue weighted by Crippen LogP contribution is 2.05. The molecule has 1 amide bonds. The molecular formula is C13H11FN2O2S. The number of amides is 1. The van der Waals surface area contributed by atoms with E-state index in [1.807, 2.05) is 0 Å². The second-order valence-electron chi connectivity index (χ2n) is 3.70. The molecule has 0 aliphatic heterocycles. The van der Waals surface area contributed by atoms with Gasteiger partial charge in [-0.1, -0.05) is 12.1 Å². The molecule has 2 N–H and O–H groups in total. The normalized spacial score (nSPS) is 9.95. The number of benzene rings is 1. The minimum atomic E-state index is -0.589. The summed E-state index contributed by atoms with van der Waals surface area (Å²) in [5.41, 5.74) is -0.0513. The van der Waals surface area contributed by atoms with E-state index >= 15 is 0 Å². The van der Waals surface area contributed by atoms with Gasteiger partial charge in [0.05, 0.1) is 18.4 Å². The number of hydrogen-bond acceptors (Lipinski definition) is 3. The fourth-order valence-corrected chi connectivity index (χ4v) is 1.61. The Morgan fingerprint density at radius 2 is 2.05 bits per heavy atom. The number of rotatable bonds is 3. The molecule has 1 heterocycles. The summed E-state index contributed by atoms with van der Waals surface area (Å²) in [6.07, 6.45) is 1.54. The van der Waals surface area contributed by atoms with Crippen LogP contribution in [0.25, 0.3) is 0 Å². The van der Waals surface area contributed by atoms with Crippen LogP contribution in [-0.2, 0) is 6.54 Å². The third-order valence-electron chi connectivity index (χ3n) is 2.35. The first-order valence-electron chi connectivity index (χ1n) is 5.53. The zero-order valence-electron chi connectivity index (χ0n) is 9.85. The van der Waals surface area contributed by atoms with Gasteiger partial charge in [-0.3, -0.25) is 10.1 Å². The molecule has 6 heteroatoms. The highest BCUT2D eigenvalue weighted by molar-refractivity contribution is 7.80. The Bertz CT molecular complexity index is 584. The summed E-state index contributed by atoms with van der Waals surface area (Å²) in [4.78, 5) is 11.7. The molecule has 0 aliphatic rings. The van der Waals surface area contributed by atoms with Gasteiger partial charge in [-0.2, -0.15) is 0 Å². The zero-order chi connectivity index (χ0) is 13.7. The fourth-order valence-electron chi connectivity index (χ4n) is 1.44. The maximum Gasteiger partial charge on any atom is 0.260 e. The second kappa shape index (κ2) is 6.10. The maximum atomic E-state index is 13.4. The number of thiocarbonyl (C=S) groups is 1. The Morgan fingerprint density at radius 1 is 1.26 bits per heavy atom. The van der Waals surface area contributed by atoms with Crippen LogP contribution in [0.4, 0.5) is 4.39 Å². The van der Waals surface area contributed by atoms with Crippen molar-refractivity contribution in [3.8, 4) is 0 Å². The molecule has 0 unspecified atom stereocenters. The van der Waals surface area contributed by atoms with Crippen LogP contribution in [0.1, 0.15) is 16.1 Å². The molecule has 19 heavy (non-hydrogen) atoms. The summed E-state index contributed by atoms with van der Waals surface area (Å²) in [6, 6.07) is 9.22.